The third-order valence-corrected chi connectivity index (χ3v) is 3.40. The maximum Gasteiger partial charge on any atom is 0.272 e. The molecular formula is C16H15N3O4. The predicted octanol–water partition coefficient (Wildman–Crippen LogP) is 0.782. The number of amides is 2. The van der Waals surface area contributed by atoms with Crippen molar-refractivity contribution in [1.29, 1.82) is 0 Å². The Labute approximate surface area is 132 Å². The zero-order valence-corrected chi connectivity index (χ0v) is 12.4. The normalized spacial score (nSPS) is 20.4. The predicted molar refractivity (Wildman–Crippen MR) is 80.7 cm³/mol. The van der Waals surface area contributed by atoms with Crippen molar-refractivity contribution in [2.24, 2.45) is 0 Å². The summed E-state index contributed by atoms with van der Waals surface area (Å²) < 4.78 is 10.7. The first-order chi connectivity index (χ1) is 11.2. The molecule has 1 fully saturated rings. The largest absolute Gasteiger partial charge is 0.493 e. The summed E-state index contributed by atoms with van der Waals surface area (Å²) in [5, 5.41) is 5.41. The number of nitrogens with zero attached hydrogens (tertiary/aromatic N) is 1. The number of ether oxygens (including phenoxy) is 2. The SMILES string of the molecule is COc1ccccc1OC1C(=O)NC(c2ccncc2)NC1=O. The highest BCUT2D eigenvalue weighted by atomic mass is 16.5. The second-order valence-corrected chi connectivity index (χ2v) is 4.88. The summed E-state index contributed by atoms with van der Waals surface area (Å²) in [7, 11) is 1.49. The van der Waals surface area contributed by atoms with E-state index in [-0.39, 0.29) is 0 Å². The molecule has 1 aliphatic heterocycles. The highest BCUT2D eigenvalue weighted by Gasteiger charge is 2.37. The fraction of sp³-hybridized carbons (Fsp3) is 0.188. The number of methoxy groups -OCH3 is 1. The van der Waals surface area contributed by atoms with Gasteiger partial charge in [-0.1, -0.05) is 12.1 Å². The number of nitrogens with one attached hydrogen (secondary N) is 2. The lowest BCUT2D eigenvalue weighted by atomic mass is 10.1. The molecule has 0 atom stereocenters. The molecule has 2 heterocycles. The lowest BCUT2D eigenvalue weighted by Crippen LogP contribution is -2.59. The van der Waals surface area contributed by atoms with Gasteiger partial charge in [0.15, 0.2) is 11.5 Å². The molecular weight excluding hydrogens is 298 g/mol. The Bertz CT molecular complexity index is 702. The van der Waals surface area contributed by atoms with Crippen LogP contribution in [0.1, 0.15) is 11.7 Å². The average molecular weight is 313 g/mol. The molecule has 1 saturated heterocycles. The van der Waals surface area contributed by atoms with Crippen LogP contribution in [0.2, 0.25) is 0 Å². The number of hydrogen-bond donors (Lipinski definition) is 2. The molecule has 2 amide bonds. The lowest BCUT2D eigenvalue weighted by molar-refractivity contribution is -0.144. The first kappa shape index (κ1) is 14.8. The third kappa shape index (κ3) is 3.08. The molecule has 0 unspecified atom stereocenters. The molecule has 7 nitrogen and oxygen atoms in total. The Hall–Kier alpha value is -3.09. The van der Waals surface area contributed by atoms with Gasteiger partial charge in [0.05, 0.1) is 7.11 Å². The van der Waals surface area contributed by atoms with Crippen molar-refractivity contribution >= 4 is 11.8 Å². The zero-order valence-electron chi connectivity index (χ0n) is 12.4. The van der Waals surface area contributed by atoms with Gasteiger partial charge in [-0.25, -0.2) is 0 Å². The quantitative estimate of drug-likeness (QED) is 0.814. The Morgan fingerprint density at radius 1 is 0.957 bits per heavy atom. The van der Waals surface area contributed by atoms with Crippen molar-refractivity contribution in [3.05, 3.63) is 54.4 Å². The number of pyridine rings is 1. The Morgan fingerprint density at radius 2 is 1.57 bits per heavy atom. The Morgan fingerprint density at radius 3 is 2.17 bits per heavy atom. The fourth-order valence-electron chi connectivity index (χ4n) is 2.26. The zero-order chi connectivity index (χ0) is 16.2. The second kappa shape index (κ2) is 6.35. The molecule has 3 rings (SSSR count). The molecule has 2 N–H and O–H groups in total. The summed E-state index contributed by atoms with van der Waals surface area (Å²) in [6, 6.07) is 10.3. The van der Waals surface area contributed by atoms with Gasteiger partial charge in [0.2, 0.25) is 0 Å². The van der Waals surface area contributed by atoms with Crippen LogP contribution in [-0.4, -0.2) is 30.0 Å². The smallest absolute Gasteiger partial charge is 0.272 e. The fourth-order valence-corrected chi connectivity index (χ4v) is 2.26. The summed E-state index contributed by atoms with van der Waals surface area (Å²) in [5.74, 6) is -0.250. The van der Waals surface area contributed by atoms with Crippen LogP contribution in [0.25, 0.3) is 0 Å². The number of hydrogen-bond acceptors (Lipinski definition) is 5. The Kier molecular flexibility index (Phi) is 4.09. The molecule has 118 valence electrons. The van der Waals surface area contributed by atoms with Gasteiger partial charge in [0.25, 0.3) is 17.9 Å². The van der Waals surface area contributed by atoms with E-state index in [1.807, 2.05) is 0 Å². The van der Waals surface area contributed by atoms with E-state index in [9.17, 15) is 9.59 Å². The Balaban J connectivity index is 1.76. The summed E-state index contributed by atoms with van der Waals surface area (Å²) in [4.78, 5) is 28.4. The van der Waals surface area contributed by atoms with E-state index in [2.05, 4.69) is 15.6 Å². The monoisotopic (exact) mass is 313 g/mol. The molecule has 0 bridgehead atoms. The minimum atomic E-state index is -1.27. The molecule has 23 heavy (non-hydrogen) atoms. The summed E-state index contributed by atoms with van der Waals surface area (Å²) in [5.41, 5.74) is 0.734. The number of carbonyl (C=O) groups is 2. The molecule has 1 aromatic carbocycles. The summed E-state index contributed by atoms with van der Waals surface area (Å²) in [6.45, 7) is 0. The summed E-state index contributed by atoms with van der Waals surface area (Å²) in [6.07, 6.45) is 1.30. The maximum absolute atomic E-state index is 12.2. The maximum atomic E-state index is 12.2. The van der Waals surface area contributed by atoms with Crippen LogP contribution in [-0.2, 0) is 9.59 Å². The average Bonchev–Trinajstić information content (AvgIpc) is 2.59. The van der Waals surface area contributed by atoms with Gasteiger partial charge in [-0.15, -0.1) is 0 Å². The number of rotatable bonds is 4. The first-order valence-electron chi connectivity index (χ1n) is 6.99. The van der Waals surface area contributed by atoms with Crippen LogP contribution in [0.15, 0.2) is 48.8 Å². The molecule has 1 aliphatic rings. The number of aromatic nitrogens is 1. The van der Waals surface area contributed by atoms with Crippen LogP contribution in [0.4, 0.5) is 0 Å². The first-order valence-corrected chi connectivity index (χ1v) is 6.99. The van der Waals surface area contributed by atoms with Crippen LogP contribution < -0.4 is 20.1 Å². The molecule has 0 spiro atoms. The van der Waals surface area contributed by atoms with Gasteiger partial charge in [-0.05, 0) is 29.8 Å². The lowest BCUT2D eigenvalue weighted by Gasteiger charge is -2.30. The van der Waals surface area contributed by atoms with Crippen LogP contribution >= 0.6 is 0 Å². The van der Waals surface area contributed by atoms with E-state index >= 15 is 0 Å². The van der Waals surface area contributed by atoms with Crippen molar-refractivity contribution in [2.75, 3.05) is 7.11 Å². The number of benzene rings is 1. The molecule has 7 heteroatoms. The van der Waals surface area contributed by atoms with E-state index in [4.69, 9.17) is 9.47 Å². The summed E-state index contributed by atoms with van der Waals surface area (Å²) >= 11 is 0. The van der Waals surface area contributed by atoms with Crippen molar-refractivity contribution in [3.63, 3.8) is 0 Å². The minimum Gasteiger partial charge on any atom is -0.493 e. The van der Waals surface area contributed by atoms with E-state index in [1.165, 1.54) is 7.11 Å². The van der Waals surface area contributed by atoms with Crippen molar-refractivity contribution in [3.8, 4) is 11.5 Å². The molecule has 2 aromatic rings. The molecule has 1 aromatic heterocycles. The topological polar surface area (TPSA) is 89.6 Å². The minimum absolute atomic E-state index is 0.327. The molecule has 0 radical (unpaired) electrons. The number of carbonyl (C=O) groups excluding carboxylic acids is 2. The van der Waals surface area contributed by atoms with E-state index in [1.54, 1.807) is 48.8 Å². The van der Waals surface area contributed by atoms with Crippen molar-refractivity contribution < 1.29 is 19.1 Å². The number of para-hydroxylation sites is 2. The highest BCUT2D eigenvalue weighted by Crippen LogP contribution is 2.27. The van der Waals surface area contributed by atoms with Gasteiger partial charge >= 0.3 is 0 Å². The second-order valence-electron chi connectivity index (χ2n) is 4.88. The van der Waals surface area contributed by atoms with Gasteiger partial charge in [-0.3, -0.25) is 14.6 Å². The van der Waals surface area contributed by atoms with Crippen LogP contribution in [0.5, 0.6) is 11.5 Å². The highest BCUT2D eigenvalue weighted by molar-refractivity contribution is 6.05. The van der Waals surface area contributed by atoms with Gasteiger partial charge in [0, 0.05) is 12.4 Å². The third-order valence-electron chi connectivity index (χ3n) is 3.40. The van der Waals surface area contributed by atoms with Crippen LogP contribution in [0, 0.1) is 0 Å². The van der Waals surface area contributed by atoms with Gasteiger partial charge in [0.1, 0.15) is 6.17 Å². The molecule has 0 saturated carbocycles. The van der Waals surface area contributed by atoms with Gasteiger partial charge in [-0.2, -0.15) is 0 Å². The van der Waals surface area contributed by atoms with E-state index < -0.39 is 24.1 Å². The van der Waals surface area contributed by atoms with Gasteiger partial charge < -0.3 is 20.1 Å². The molecule has 0 aliphatic carbocycles. The van der Waals surface area contributed by atoms with E-state index in [0.29, 0.717) is 11.5 Å². The standard InChI is InChI=1S/C16H15N3O4/c1-22-11-4-2-3-5-12(11)23-13-15(20)18-14(19-16(13)21)10-6-8-17-9-7-10/h2-9,13-14H,1H3,(H,18,20)(H,19,21). The van der Waals surface area contributed by atoms with Crippen molar-refractivity contribution in [1.82, 2.24) is 15.6 Å². The van der Waals surface area contributed by atoms with Crippen molar-refractivity contribution in [2.45, 2.75) is 12.3 Å². The van der Waals surface area contributed by atoms with E-state index in [0.717, 1.165) is 5.56 Å². The van der Waals surface area contributed by atoms with Crippen LogP contribution in [0.3, 0.4) is 0 Å².